The third-order valence-electron chi connectivity index (χ3n) is 3.31. The zero-order chi connectivity index (χ0) is 11.9. The van der Waals surface area contributed by atoms with Crippen LogP contribution in [0.3, 0.4) is 0 Å². The number of carbonyl (C=O) groups excluding carboxylic acids is 1. The fourth-order valence-corrected chi connectivity index (χ4v) is 2.23. The Labute approximate surface area is 99.2 Å². The molecule has 3 rings (SSSR count). The van der Waals surface area contributed by atoms with Crippen molar-refractivity contribution < 1.29 is 14.6 Å². The normalized spacial score (nSPS) is 29.0. The molecule has 1 aromatic rings. The molecule has 1 N–H and O–H groups in total. The maximum atomic E-state index is 11.8. The summed E-state index contributed by atoms with van der Waals surface area (Å²) < 4.78 is 4.99. The number of carbonyl (C=O) groups is 1. The van der Waals surface area contributed by atoms with E-state index < -0.39 is 11.9 Å². The topological polar surface area (TPSA) is 53.0 Å². The van der Waals surface area contributed by atoms with E-state index in [0.717, 1.165) is 19.5 Å². The molecule has 2 heterocycles. The average molecular weight is 234 g/mol. The molecule has 2 aliphatic rings. The van der Waals surface area contributed by atoms with Crippen LogP contribution in [0.25, 0.3) is 0 Å². The Morgan fingerprint density at radius 2 is 1.94 bits per heavy atom. The third kappa shape index (κ3) is 1.50. The van der Waals surface area contributed by atoms with Crippen LogP contribution in [-0.2, 0) is 4.74 Å². The number of nitrogens with zero attached hydrogens (tertiary/aromatic N) is 2. The molecule has 0 radical (unpaired) electrons. The predicted molar refractivity (Wildman–Crippen MR) is 61.4 cm³/mol. The number of amides is 1. The highest BCUT2D eigenvalue weighted by atomic mass is 16.6. The summed E-state index contributed by atoms with van der Waals surface area (Å²) in [4.78, 5) is 14.9. The van der Waals surface area contributed by atoms with Gasteiger partial charge in [0, 0.05) is 13.1 Å². The van der Waals surface area contributed by atoms with Crippen molar-refractivity contribution in [3.8, 4) is 0 Å². The summed E-state index contributed by atoms with van der Waals surface area (Å²) in [6.45, 7) is 1.58. The minimum atomic E-state index is -1.32. The molecule has 0 spiro atoms. The molecule has 0 aromatic heterocycles. The number of benzene rings is 1. The van der Waals surface area contributed by atoms with E-state index in [1.54, 1.807) is 12.1 Å². The van der Waals surface area contributed by atoms with Crippen LogP contribution in [-0.4, -0.2) is 41.6 Å². The molecule has 0 saturated carbocycles. The van der Waals surface area contributed by atoms with Crippen molar-refractivity contribution >= 4 is 11.8 Å². The van der Waals surface area contributed by atoms with Crippen molar-refractivity contribution in [2.75, 3.05) is 24.6 Å². The van der Waals surface area contributed by atoms with Crippen molar-refractivity contribution in [3.63, 3.8) is 0 Å². The highest BCUT2D eigenvalue weighted by molar-refractivity contribution is 5.90. The van der Waals surface area contributed by atoms with Crippen LogP contribution < -0.4 is 4.90 Å². The van der Waals surface area contributed by atoms with Gasteiger partial charge < -0.3 is 9.84 Å². The molecule has 1 aromatic carbocycles. The molecule has 2 fully saturated rings. The van der Waals surface area contributed by atoms with E-state index >= 15 is 0 Å². The van der Waals surface area contributed by atoms with Crippen LogP contribution in [0.15, 0.2) is 30.3 Å². The summed E-state index contributed by atoms with van der Waals surface area (Å²) in [6, 6.07) is 9.11. The van der Waals surface area contributed by atoms with Gasteiger partial charge in [-0.2, -0.15) is 0 Å². The summed E-state index contributed by atoms with van der Waals surface area (Å²) in [5, 5.41) is 10.6. The first-order valence-electron chi connectivity index (χ1n) is 5.71. The predicted octanol–water partition coefficient (Wildman–Crippen LogP) is 0.995. The molecule has 2 aliphatic heterocycles. The smallest absolute Gasteiger partial charge is 0.418 e. The van der Waals surface area contributed by atoms with Gasteiger partial charge in [0.15, 0.2) is 6.61 Å². The molecule has 2 saturated heterocycles. The highest BCUT2D eigenvalue weighted by Gasteiger charge is 2.52. The molecule has 5 nitrogen and oxygen atoms in total. The number of hydrogen-bond acceptors (Lipinski definition) is 4. The Morgan fingerprint density at radius 3 is 2.53 bits per heavy atom. The van der Waals surface area contributed by atoms with Crippen LogP contribution in [0.5, 0.6) is 0 Å². The van der Waals surface area contributed by atoms with Gasteiger partial charge in [0.25, 0.3) is 0 Å². The van der Waals surface area contributed by atoms with Gasteiger partial charge in [-0.25, -0.2) is 9.69 Å². The maximum absolute atomic E-state index is 11.8. The Hall–Kier alpha value is -1.59. The quantitative estimate of drug-likeness (QED) is 0.829. The lowest BCUT2D eigenvalue weighted by molar-refractivity contribution is -0.133. The number of hydrogen-bond donors (Lipinski definition) is 1. The molecule has 1 amide bonds. The second kappa shape index (κ2) is 3.72. The Morgan fingerprint density at radius 1 is 1.24 bits per heavy atom. The first kappa shape index (κ1) is 10.6. The number of ether oxygens (including phenoxy) is 1. The number of anilines is 1. The van der Waals surface area contributed by atoms with Gasteiger partial charge in [0.05, 0.1) is 5.69 Å². The van der Waals surface area contributed by atoms with E-state index in [-0.39, 0.29) is 6.61 Å². The summed E-state index contributed by atoms with van der Waals surface area (Å²) in [5.74, 6) is -1.32. The molecule has 1 atom stereocenters. The van der Waals surface area contributed by atoms with Crippen molar-refractivity contribution in [3.05, 3.63) is 30.3 Å². The summed E-state index contributed by atoms with van der Waals surface area (Å²) >= 11 is 0. The van der Waals surface area contributed by atoms with Gasteiger partial charge in [-0.3, -0.25) is 4.90 Å². The van der Waals surface area contributed by atoms with E-state index in [1.165, 1.54) is 4.90 Å². The van der Waals surface area contributed by atoms with E-state index in [4.69, 9.17) is 4.74 Å². The molecule has 17 heavy (non-hydrogen) atoms. The van der Waals surface area contributed by atoms with Gasteiger partial charge >= 0.3 is 6.09 Å². The largest absolute Gasteiger partial charge is 0.442 e. The molecule has 0 aliphatic carbocycles. The van der Waals surface area contributed by atoms with Crippen molar-refractivity contribution in [1.82, 2.24) is 4.90 Å². The Bertz CT molecular complexity index is 433. The molecule has 5 heteroatoms. The number of aliphatic hydroxyl groups is 1. The van der Waals surface area contributed by atoms with Crippen molar-refractivity contribution in [1.29, 1.82) is 0 Å². The average Bonchev–Trinajstić information content (AvgIpc) is 2.54. The zero-order valence-electron chi connectivity index (χ0n) is 9.37. The maximum Gasteiger partial charge on any atom is 0.418 e. The van der Waals surface area contributed by atoms with E-state index in [1.807, 2.05) is 23.1 Å². The Balaban J connectivity index is 1.97. The molecule has 0 bridgehead atoms. The van der Waals surface area contributed by atoms with Crippen molar-refractivity contribution in [2.24, 2.45) is 0 Å². The number of likely N-dealkylation sites (tertiary alicyclic amines) is 1. The van der Waals surface area contributed by atoms with E-state index in [9.17, 15) is 9.90 Å². The summed E-state index contributed by atoms with van der Waals surface area (Å²) in [7, 11) is 0. The number of para-hydroxylation sites is 1. The fraction of sp³-hybridized carbons (Fsp3) is 0.417. The van der Waals surface area contributed by atoms with Gasteiger partial charge in [0.1, 0.15) is 0 Å². The second-order valence-electron chi connectivity index (χ2n) is 4.34. The third-order valence-corrected chi connectivity index (χ3v) is 3.31. The zero-order valence-corrected chi connectivity index (χ0v) is 9.37. The first-order valence-corrected chi connectivity index (χ1v) is 5.71. The van der Waals surface area contributed by atoms with Gasteiger partial charge in [-0.1, -0.05) is 18.2 Å². The molecule has 1 unspecified atom stereocenters. The van der Waals surface area contributed by atoms with Crippen LogP contribution in [0.4, 0.5) is 10.5 Å². The minimum absolute atomic E-state index is 0.000722. The lowest BCUT2D eigenvalue weighted by atomic mass is 10.1. The van der Waals surface area contributed by atoms with Gasteiger partial charge in [-0.05, 0) is 18.6 Å². The first-order chi connectivity index (χ1) is 8.22. The fourth-order valence-electron chi connectivity index (χ4n) is 2.23. The highest BCUT2D eigenvalue weighted by Crippen LogP contribution is 2.33. The SMILES string of the molecule is O=C1OCC(O)(N2CCC2)N1c1ccccc1. The molecular weight excluding hydrogens is 220 g/mol. The number of rotatable bonds is 2. The van der Waals surface area contributed by atoms with E-state index in [0.29, 0.717) is 5.69 Å². The monoisotopic (exact) mass is 234 g/mol. The van der Waals surface area contributed by atoms with Gasteiger partial charge in [-0.15, -0.1) is 0 Å². The van der Waals surface area contributed by atoms with Crippen LogP contribution >= 0.6 is 0 Å². The van der Waals surface area contributed by atoms with E-state index in [2.05, 4.69) is 0 Å². The molecular formula is C12H14N2O3. The molecule has 90 valence electrons. The number of cyclic esters (lactones) is 1. The van der Waals surface area contributed by atoms with Crippen LogP contribution in [0.2, 0.25) is 0 Å². The van der Waals surface area contributed by atoms with Crippen molar-refractivity contribution in [2.45, 2.75) is 12.3 Å². The Kier molecular flexibility index (Phi) is 2.31. The minimum Gasteiger partial charge on any atom is -0.442 e. The lowest BCUT2D eigenvalue weighted by Gasteiger charge is -2.44. The van der Waals surface area contributed by atoms with Crippen LogP contribution in [0.1, 0.15) is 6.42 Å². The lowest BCUT2D eigenvalue weighted by Crippen LogP contribution is -2.64. The van der Waals surface area contributed by atoms with Crippen LogP contribution in [0, 0.1) is 0 Å². The van der Waals surface area contributed by atoms with Gasteiger partial charge in [0.2, 0.25) is 5.85 Å². The standard InChI is InChI=1S/C12H14N2O3/c15-11-14(10-5-2-1-3-6-10)12(16,9-17-11)13-7-4-8-13/h1-3,5-6,16H,4,7-9H2. The summed E-state index contributed by atoms with van der Waals surface area (Å²) in [5.41, 5.74) is 0.657. The second-order valence-corrected chi connectivity index (χ2v) is 4.34. The summed E-state index contributed by atoms with van der Waals surface area (Å²) in [6.07, 6.45) is 0.546.